The van der Waals surface area contributed by atoms with Gasteiger partial charge < -0.3 is 14.6 Å². The third-order valence-corrected chi connectivity index (χ3v) is 2.90. The molecule has 2 aromatic rings. The number of hydrogen-bond acceptors (Lipinski definition) is 4. The van der Waals surface area contributed by atoms with Gasteiger partial charge in [-0.1, -0.05) is 28.4 Å². The first-order chi connectivity index (χ1) is 9.04. The molecule has 0 aliphatic heterocycles. The molecule has 0 saturated heterocycles. The smallest absolute Gasteiger partial charge is 0.263 e. The molecule has 1 heterocycles. The molecule has 0 bridgehead atoms. The summed E-state index contributed by atoms with van der Waals surface area (Å²) in [6, 6.07) is 6.37. The van der Waals surface area contributed by atoms with Crippen molar-refractivity contribution in [3.8, 4) is 5.75 Å². The van der Waals surface area contributed by atoms with Gasteiger partial charge in [0.2, 0.25) is 0 Å². The molecule has 1 aromatic carbocycles. The summed E-state index contributed by atoms with van der Waals surface area (Å²) in [5.74, 6) is 1.07. The van der Waals surface area contributed by atoms with Crippen LogP contribution in [0.15, 0.2) is 28.8 Å². The fourth-order valence-electron chi connectivity index (χ4n) is 1.32. The van der Waals surface area contributed by atoms with E-state index in [0.29, 0.717) is 27.4 Å². The van der Waals surface area contributed by atoms with E-state index in [4.69, 9.17) is 32.5 Å². The predicted molar refractivity (Wildman–Crippen MR) is 71.8 cm³/mol. The van der Waals surface area contributed by atoms with Crippen molar-refractivity contribution in [3.05, 3.63) is 40.1 Å². The minimum Gasteiger partial charge on any atom is -0.484 e. The molecular weight excluding hydrogens is 291 g/mol. The zero-order valence-corrected chi connectivity index (χ0v) is 11.5. The lowest BCUT2D eigenvalue weighted by Gasteiger charge is -2.06. The zero-order valence-electron chi connectivity index (χ0n) is 9.94. The van der Waals surface area contributed by atoms with E-state index < -0.39 is 0 Å². The van der Waals surface area contributed by atoms with Gasteiger partial charge in [0, 0.05) is 12.1 Å². The largest absolute Gasteiger partial charge is 0.484 e. The number of anilines is 1. The average Bonchev–Trinajstić information content (AvgIpc) is 2.76. The summed E-state index contributed by atoms with van der Waals surface area (Å²) in [6.07, 6.45) is 0. The summed E-state index contributed by atoms with van der Waals surface area (Å²) in [7, 11) is 0. The lowest BCUT2D eigenvalue weighted by molar-refractivity contribution is -0.118. The average molecular weight is 301 g/mol. The highest BCUT2D eigenvalue weighted by Gasteiger charge is 2.07. The molecule has 1 aromatic heterocycles. The molecule has 7 heteroatoms. The van der Waals surface area contributed by atoms with Crippen LogP contribution in [0.4, 0.5) is 5.82 Å². The zero-order chi connectivity index (χ0) is 13.8. The molecule has 0 atom stereocenters. The maximum atomic E-state index is 11.6. The van der Waals surface area contributed by atoms with Crippen molar-refractivity contribution in [1.82, 2.24) is 5.16 Å². The van der Waals surface area contributed by atoms with Crippen LogP contribution in [0.3, 0.4) is 0 Å². The fourth-order valence-corrected chi connectivity index (χ4v) is 1.61. The number of amides is 1. The van der Waals surface area contributed by atoms with Crippen molar-refractivity contribution in [3.63, 3.8) is 0 Å². The maximum Gasteiger partial charge on any atom is 0.263 e. The van der Waals surface area contributed by atoms with Crippen molar-refractivity contribution in [2.24, 2.45) is 0 Å². The third kappa shape index (κ3) is 3.87. The van der Waals surface area contributed by atoms with E-state index in [-0.39, 0.29) is 12.5 Å². The quantitative estimate of drug-likeness (QED) is 0.941. The van der Waals surface area contributed by atoms with E-state index in [1.165, 1.54) is 6.07 Å². The van der Waals surface area contributed by atoms with Gasteiger partial charge in [0.05, 0.1) is 10.0 Å². The number of aryl methyl sites for hydroxylation is 1. The summed E-state index contributed by atoms with van der Waals surface area (Å²) >= 11 is 11.6. The van der Waals surface area contributed by atoms with E-state index in [1.807, 2.05) is 0 Å². The summed E-state index contributed by atoms with van der Waals surface area (Å²) in [5.41, 5.74) is 0. The first kappa shape index (κ1) is 13.7. The Morgan fingerprint density at radius 2 is 2.16 bits per heavy atom. The van der Waals surface area contributed by atoms with Crippen LogP contribution in [-0.4, -0.2) is 17.7 Å². The molecule has 0 unspecified atom stereocenters. The van der Waals surface area contributed by atoms with Gasteiger partial charge in [-0.05, 0) is 19.1 Å². The topological polar surface area (TPSA) is 64.4 Å². The van der Waals surface area contributed by atoms with Gasteiger partial charge in [-0.2, -0.15) is 0 Å². The Kier molecular flexibility index (Phi) is 4.29. The van der Waals surface area contributed by atoms with Gasteiger partial charge in [-0.25, -0.2) is 0 Å². The Bertz CT molecular complexity index is 598. The van der Waals surface area contributed by atoms with E-state index >= 15 is 0 Å². The molecule has 1 amide bonds. The van der Waals surface area contributed by atoms with E-state index in [2.05, 4.69) is 10.5 Å². The normalized spacial score (nSPS) is 10.3. The second kappa shape index (κ2) is 5.95. The molecule has 0 saturated carbocycles. The molecule has 100 valence electrons. The van der Waals surface area contributed by atoms with Crippen molar-refractivity contribution < 1.29 is 14.1 Å². The molecule has 2 rings (SSSR count). The van der Waals surface area contributed by atoms with Crippen LogP contribution in [0.25, 0.3) is 0 Å². The number of hydrogen-bond donors (Lipinski definition) is 1. The Morgan fingerprint density at radius 3 is 2.79 bits per heavy atom. The van der Waals surface area contributed by atoms with Crippen molar-refractivity contribution >= 4 is 34.9 Å². The van der Waals surface area contributed by atoms with E-state index in [1.54, 1.807) is 25.1 Å². The first-order valence-corrected chi connectivity index (χ1v) is 6.11. The Labute approximate surface area is 119 Å². The second-order valence-electron chi connectivity index (χ2n) is 3.74. The molecule has 19 heavy (non-hydrogen) atoms. The number of halogens is 2. The summed E-state index contributed by atoms with van der Waals surface area (Å²) in [6.45, 7) is 1.57. The highest BCUT2D eigenvalue weighted by molar-refractivity contribution is 6.42. The lowest BCUT2D eigenvalue weighted by atomic mass is 10.3. The minimum absolute atomic E-state index is 0.163. The predicted octanol–water partition coefficient (Wildman–Crippen LogP) is 3.31. The number of nitrogens with zero attached hydrogens (tertiary/aromatic N) is 1. The summed E-state index contributed by atoms with van der Waals surface area (Å²) < 4.78 is 10.1. The molecular formula is C12H10Cl2N2O3. The molecule has 0 radical (unpaired) electrons. The Balaban J connectivity index is 1.88. The van der Waals surface area contributed by atoms with Gasteiger partial charge >= 0.3 is 0 Å². The standard InChI is InChI=1S/C12H10Cl2N2O3/c1-7-4-11(16-19-7)15-12(17)6-18-8-2-3-9(13)10(14)5-8/h2-5H,6H2,1H3,(H,15,16,17). The summed E-state index contributed by atoms with van der Waals surface area (Å²) in [5, 5.41) is 6.96. The van der Waals surface area contributed by atoms with Crippen LogP contribution < -0.4 is 10.1 Å². The van der Waals surface area contributed by atoms with Gasteiger partial charge in [0.15, 0.2) is 12.4 Å². The number of carbonyl (C=O) groups is 1. The number of nitrogens with one attached hydrogen (secondary N) is 1. The second-order valence-corrected chi connectivity index (χ2v) is 4.55. The molecule has 1 N–H and O–H groups in total. The van der Waals surface area contributed by atoms with Crippen LogP contribution >= 0.6 is 23.2 Å². The van der Waals surface area contributed by atoms with Crippen molar-refractivity contribution in [2.45, 2.75) is 6.92 Å². The Hall–Kier alpha value is -1.72. The molecule has 0 spiro atoms. The van der Waals surface area contributed by atoms with Crippen LogP contribution in [0, 0.1) is 6.92 Å². The molecule has 0 aliphatic rings. The molecule has 0 fully saturated rings. The van der Waals surface area contributed by atoms with Gasteiger partial charge in [0.25, 0.3) is 5.91 Å². The highest BCUT2D eigenvalue weighted by Crippen LogP contribution is 2.26. The van der Waals surface area contributed by atoms with Crippen molar-refractivity contribution in [1.29, 1.82) is 0 Å². The van der Waals surface area contributed by atoms with E-state index in [9.17, 15) is 4.79 Å². The van der Waals surface area contributed by atoms with Gasteiger partial charge in [-0.3, -0.25) is 4.79 Å². The molecule has 5 nitrogen and oxygen atoms in total. The number of aromatic nitrogens is 1. The highest BCUT2D eigenvalue weighted by atomic mass is 35.5. The number of ether oxygens (including phenoxy) is 1. The van der Waals surface area contributed by atoms with Gasteiger partial charge in [0.1, 0.15) is 11.5 Å². The van der Waals surface area contributed by atoms with Gasteiger partial charge in [-0.15, -0.1) is 0 Å². The lowest BCUT2D eigenvalue weighted by Crippen LogP contribution is -2.20. The fraction of sp³-hybridized carbons (Fsp3) is 0.167. The number of carbonyl (C=O) groups excluding carboxylic acids is 1. The number of rotatable bonds is 4. The van der Waals surface area contributed by atoms with Crippen LogP contribution in [0.1, 0.15) is 5.76 Å². The monoisotopic (exact) mass is 300 g/mol. The first-order valence-electron chi connectivity index (χ1n) is 5.35. The molecule has 0 aliphatic carbocycles. The minimum atomic E-state index is -0.348. The van der Waals surface area contributed by atoms with Crippen molar-refractivity contribution in [2.75, 3.05) is 11.9 Å². The number of benzene rings is 1. The third-order valence-electron chi connectivity index (χ3n) is 2.16. The van der Waals surface area contributed by atoms with Crippen LogP contribution in [0.5, 0.6) is 5.75 Å². The van der Waals surface area contributed by atoms with Crippen LogP contribution in [-0.2, 0) is 4.79 Å². The summed E-state index contributed by atoms with van der Waals surface area (Å²) in [4.78, 5) is 11.6. The SMILES string of the molecule is Cc1cc(NC(=O)COc2ccc(Cl)c(Cl)c2)no1. The Morgan fingerprint density at radius 1 is 1.37 bits per heavy atom. The van der Waals surface area contributed by atoms with E-state index in [0.717, 1.165) is 0 Å². The van der Waals surface area contributed by atoms with Crippen LogP contribution in [0.2, 0.25) is 10.0 Å². The maximum absolute atomic E-state index is 11.6.